The Kier molecular flexibility index (Phi) is 5.18. The quantitative estimate of drug-likeness (QED) is 0.615. The minimum atomic E-state index is -0.410. The minimum Gasteiger partial charge on any atom is -0.496 e. The number of rotatable bonds is 5. The van der Waals surface area contributed by atoms with Gasteiger partial charge in [0, 0.05) is 43.2 Å². The van der Waals surface area contributed by atoms with Crippen LogP contribution in [0.25, 0.3) is 10.9 Å². The van der Waals surface area contributed by atoms with Crippen molar-refractivity contribution in [3.63, 3.8) is 0 Å². The molecule has 4 nitrogen and oxygen atoms in total. The Morgan fingerprint density at radius 1 is 1.25 bits per heavy atom. The first-order valence-electron chi connectivity index (χ1n) is 9.70. The third kappa shape index (κ3) is 3.54. The minimum absolute atomic E-state index is 0.0287. The van der Waals surface area contributed by atoms with E-state index in [1.165, 1.54) is 41.8 Å². The van der Waals surface area contributed by atoms with E-state index in [0.717, 1.165) is 25.9 Å². The summed E-state index contributed by atoms with van der Waals surface area (Å²) >= 11 is 0. The van der Waals surface area contributed by atoms with Gasteiger partial charge in [0.1, 0.15) is 11.6 Å². The van der Waals surface area contributed by atoms with Crippen molar-refractivity contribution >= 4 is 16.7 Å². The van der Waals surface area contributed by atoms with Crippen molar-refractivity contribution in [1.29, 1.82) is 0 Å². The Hall–Kier alpha value is -2.66. The summed E-state index contributed by atoms with van der Waals surface area (Å²) in [7, 11) is 3.57. The number of Topliss-reactive ketones (excluding diaryl/α,β-unsaturated/α-hetero) is 1. The first-order chi connectivity index (χ1) is 13.6. The molecule has 1 atom stereocenters. The number of carbonyl (C=O) groups excluding carboxylic acids is 1. The molecule has 0 saturated carbocycles. The summed E-state index contributed by atoms with van der Waals surface area (Å²) in [5, 5.41) is 1.25. The number of aromatic nitrogens is 1. The molecule has 1 aromatic heterocycles. The number of hydrogen-bond donors (Lipinski definition) is 0. The van der Waals surface area contributed by atoms with Gasteiger partial charge in [-0.25, -0.2) is 4.39 Å². The van der Waals surface area contributed by atoms with Crippen LogP contribution in [0.2, 0.25) is 0 Å². The van der Waals surface area contributed by atoms with Crippen molar-refractivity contribution in [1.82, 2.24) is 9.47 Å². The summed E-state index contributed by atoms with van der Waals surface area (Å²) in [5.41, 5.74) is 2.83. The third-order valence-corrected chi connectivity index (χ3v) is 5.68. The van der Waals surface area contributed by atoms with E-state index < -0.39 is 5.82 Å². The molecule has 146 valence electrons. The molecule has 1 fully saturated rings. The predicted molar refractivity (Wildman–Crippen MR) is 108 cm³/mol. The van der Waals surface area contributed by atoms with Crippen LogP contribution in [-0.4, -0.2) is 35.4 Å². The Bertz CT molecular complexity index is 1010. The van der Waals surface area contributed by atoms with Crippen LogP contribution in [-0.2, 0) is 13.6 Å². The Labute approximate surface area is 164 Å². The van der Waals surface area contributed by atoms with Crippen molar-refractivity contribution in [2.75, 3.05) is 20.2 Å². The van der Waals surface area contributed by atoms with E-state index in [4.69, 9.17) is 4.74 Å². The molecule has 2 aromatic carbocycles. The van der Waals surface area contributed by atoms with E-state index in [1.54, 1.807) is 0 Å². The van der Waals surface area contributed by atoms with E-state index >= 15 is 0 Å². The normalized spacial score (nSPS) is 17.8. The first-order valence-corrected chi connectivity index (χ1v) is 9.70. The third-order valence-electron chi connectivity index (χ3n) is 5.68. The van der Waals surface area contributed by atoms with Gasteiger partial charge in [0.25, 0.3) is 0 Å². The number of aryl methyl sites for hydroxylation is 1. The molecule has 28 heavy (non-hydrogen) atoms. The van der Waals surface area contributed by atoms with Gasteiger partial charge in [-0.05, 0) is 49.2 Å². The second kappa shape index (κ2) is 7.76. The van der Waals surface area contributed by atoms with Crippen LogP contribution in [0.4, 0.5) is 4.39 Å². The van der Waals surface area contributed by atoms with E-state index in [-0.39, 0.29) is 11.7 Å². The summed E-state index contributed by atoms with van der Waals surface area (Å²) in [6.07, 6.45) is 3.95. The maximum absolute atomic E-state index is 13.7. The summed E-state index contributed by atoms with van der Waals surface area (Å²) in [6, 6.07) is 12.5. The molecule has 0 aliphatic carbocycles. The number of carbonyl (C=O) groups is 1. The second-order valence-corrected chi connectivity index (χ2v) is 7.57. The number of methoxy groups -OCH3 is 1. The lowest BCUT2D eigenvalue weighted by Gasteiger charge is -2.32. The molecule has 0 radical (unpaired) electrons. The number of benzene rings is 2. The smallest absolute Gasteiger partial charge is 0.171 e. The zero-order valence-electron chi connectivity index (χ0n) is 16.3. The molecule has 0 amide bonds. The van der Waals surface area contributed by atoms with Gasteiger partial charge in [-0.2, -0.15) is 0 Å². The number of likely N-dealkylation sites (tertiary alicyclic amines) is 1. The number of para-hydroxylation sites is 1. The average Bonchev–Trinajstić information content (AvgIpc) is 3.03. The SMILES string of the molecule is COc1ccc(F)cc1C(=O)[C@H]1CCCN(Cc2cn(C)c3ccccc23)C1. The molecule has 4 rings (SSSR count). The zero-order chi connectivity index (χ0) is 19.7. The summed E-state index contributed by atoms with van der Waals surface area (Å²) < 4.78 is 21.1. The van der Waals surface area contributed by atoms with Gasteiger partial charge in [-0.1, -0.05) is 18.2 Å². The summed E-state index contributed by atoms with van der Waals surface area (Å²) in [4.78, 5) is 15.4. The molecule has 0 bridgehead atoms. The fourth-order valence-electron chi connectivity index (χ4n) is 4.30. The average molecular weight is 380 g/mol. The summed E-state index contributed by atoms with van der Waals surface area (Å²) in [6.45, 7) is 2.46. The van der Waals surface area contributed by atoms with E-state index in [0.29, 0.717) is 17.9 Å². The number of fused-ring (bicyclic) bond motifs is 1. The number of halogens is 1. The van der Waals surface area contributed by atoms with Crippen LogP contribution in [0.15, 0.2) is 48.7 Å². The first kappa shape index (κ1) is 18.7. The maximum atomic E-state index is 13.7. The van der Waals surface area contributed by atoms with Gasteiger partial charge in [0.05, 0.1) is 12.7 Å². The van der Waals surface area contributed by atoms with Crippen molar-refractivity contribution in [2.24, 2.45) is 13.0 Å². The van der Waals surface area contributed by atoms with Crippen LogP contribution < -0.4 is 4.74 Å². The lowest BCUT2D eigenvalue weighted by atomic mass is 9.89. The highest BCUT2D eigenvalue weighted by molar-refractivity contribution is 6.00. The van der Waals surface area contributed by atoms with Gasteiger partial charge in [-0.15, -0.1) is 0 Å². The fraction of sp³-hybridized carbons (Fsp3) is 0.348. The van der Waals surface area contributed by atoms with E-state index in [1.807, 2.05) is 6.07 Å². The molecule has 0 unspecified atom stereocenters. The molecule has 0 spiro atoms. The largest absolute Gasteiger partial charge is 0.496 e. The molecule has 2 heterocycles. The standard InChI is InChI=1S/C23H25FN2O2/c1-25-13-17(19-7-3-4-8-21(19)25)15-26-11-5-6-16(14-26)23(27)20-12-18(24)9-10-22(20)28-2/h3-4,7-10,12-13,16H,5-6,11,14-15H2,1-2H3/t16-/m0/s1. The van der Waals surface area contributed by atoms with Crippen LogP contribution in [0.5, 0.6) is 5.75 Å². The van der Waals surface area contributed by atoms with Crippen LogP contribution in [0.3, 0.4) is 0 Å². The predicted octanol–water partition coefficient (Wildman–Crippen LogP) is 4.42. The van der Waals surface area contributed by atoms with E-state index in [2.05, 4.69) is 40.9 Å². The van der Waals surface area contributed by atoms with Gasteiger partial charge >= 0.3 is 0 Å². The molecule has 1 aliphatic rings. The van der Waals surface area contributed by atoms with Crippen molar-refractivity contribution in [2.45, 2.75) is 19.4 Å². The van der Waals surface area contributed by atoms with Crippen LogP contribution in [0, 0.1) is 11.7 Å². The molecule has 5 heteroatoms. The Morgan fingerprint density at radius 3 is 2.89 bits per heavy atom. The molecule has 1 saturated heterocycles. The molecule has 1 aliphatic heterocycles. The molecular formula is C23H25FN2O2. The fourth-order valence-corrected chi connectivity index (χ4v) is 4.30. The van der Waals surface area contributed by atoms with Gasteiger partial charge in [0.2, 0.25) is 0 Å². The number of hydrogen-bond acceptors (Lipinski definition) is 3. The number of ketones is 1. The lowest BCUT2D eigenvalue weighted by molar-refractivity contribution is 0.0808. The lowest BCUT2D eigenvalue weighted by Crippen LogP contribution is -2.38. The highest BCUT2D eigenvalue weighted by atomic mass is 19.1. The molecule has 0 N–H and O–H groups in total. The maximum Gasteiger partial charge on any atom is 0.171 e. The Balaban J connectivity index is 1.53. The zero-order valence-corrected chi connectivity index (χ0v) is 16.3. The Morgan fingerprint density at radius 2 is 2.07 bits per heavy atom. The molecular weight excluding hydrogens is 355 g/mol. The van der Waals surface area contributed by atoms with Gasteiger partial charge in [-0.3, -0.25) is 9.69 Å². The van der Waals surface area contributed by atoms with Gasteiger partial charge < -0.3 is 9.30 Å². The highest BCUT2D eigenvalue weighted by Gasteiger charge is 2.29. The van der Waals surface area contributed by atoms with Crippen molar-refractivity contribution in [3.05, 3.63) is 65.6 Å². The van der Waals surface area contributed by atoms with Crippen LogP contribution in [0.1, 0.15) is 28.8 Å². The van der Waals surface area contributed by atoms with Gasteiger partial charge in [0.15, 0.2) is 5.78 Å². The second-order valence-electron chi connectivity index (χ2n) is 7.57. The number of piperidine rings is 1. The van der Waals surface area contributed by atoms with Crippen LogP contribution >= 0.6 is 0 Å². The number of nitrogens with zero attached hydrogens (tertiary/aromatic N) is 2. The monoisotopic (exact) mass is 380 g/mol. The van der Waals surface area contributed by atoms with Crippen molar-refractivity contribution < 1.29 is 13.9 Å². The van der Waals surface area contributed by atoms with Crippen molar-refractivity contribution in [3.8, 4) is 5.75 Å². The molecule has 3 aromatic rings. The topological polar surface area (TPSA) is 34.5 Å². The number of ether oxygens (including phenoxy) is 1. The highest BCUT2D eigenvalue weighted by Crippen LogP contribution is 2.29. The van der Waals surface area contributed by atoms with E-state index in [9.17, 15) is 9.18 Å². The summed E-state index contributed by atoms with van der Waals surface area (Å²) in [5.74, 6) is -0.136.